The van der Waals surface area contributed by atoms with Crippen molar-refractivity contribution in [1.29, 1.82) is 0 Å². The van der Waals surface area contributed by atoms with E-state index in [1.165, 1.54) is 12.1 Å². The first-order chi connectivity index (χ1) is 14.5. The Bertz CT molecular complexity index is 909. The van der Waals surface area contributed by atoms with Crippen LogP contribution in [0.5, 0.6) is 0 Å². The van der Waals surface area contributed by atoms with Crippen LogP contribution in [0.2, 0.25) is 0 Å². The quantitative estimate of drug-likeness (QED) is 0.543. The second kappa shape index (κ2) is 10.6. The average Bonchev–Trinajstić information content (AvgIpc) is 2.76. The van der Waals surface area contributed by atoms with E-state index in [-0.39, 0.29) is 29.9 Å². The standard InChI is InChI=1S/C21H27N3O5S/c25-15-20-19(24-30(27,28)18-7-2-1-3-8-18)10-9-17(29-20)11-13-23-21(26)14-16-6-4-5-12-22-16/h1-8,12,17,19-20,24-25H,9-11,13-15H2,(H,23,26)/t17-,19+,20+/m1/s1. The second-order valence-corrected chi connectivity index (χ2v) is 8.95. The smallest absolute Gasteiger partial charge is 0.240 e. The molecule has 1 fully saturated rings. The van der Waals surface area contributed by atoms with Gasteiger partial charge in [0.05, 0.1) is 36.2 Å². The van der Waals surface area contributed by atoms with Gasteiger partial charge in [-0.2, -0.15) is 0 Å². The highest BCUT2D eigenvalue weighted by Crippen LogP contribution is 2.23. The Balaban J connectivity index is 1.45. The Kier molecular flexibility index (Phi) is 7.92. The molecule has 0 unspecified atom stereocenters. The molecule has 3 atom stereocenters. The van der Waals surface area contributed by atoms with Crippen molar-refractivity contribution in [3.05, 3.63) is 60.4 Å². The molecule has 162 valence electrons. The number of sulfonamides is 1. The fraction of sp³-hybridized carbons (Fsp3) is 0.429. The number of aliphatic hydroxyl groups is 1. The van der Waals surface area contributed by atoms with Crippen LogP contribution in [0.1, 0.15) is 25.0 Å². The number of nitrogens with zero attached hydrogens (tertiary/aromatic N) is 1. The van der Waals surface area contributed by atoms with Gasteiger partial charge in [-0.15, -0.1) is 0 Å². The van der Waals surface area contributed by atoms with Gasteiger partial charge in [-0.3, -0.25) is 9.78 Å². The van der Waals surface area contributed by atoms with Gasteiger partial charge in [-0.05, 0) is 43.5 Å². The molecule has 0 bridgehead atoms. The number of carbonyl (C=O) groups excluding carboxylic acids is 1. The van der Waals surface area contributed by atoms with Crippen LogP contribution in [0.15, 0.2) is 59.6 Å². The van der Waals surface area contributed by atoms with Gasteiger partial charge in [0, 0.05) is 18.4 Å². The number of rotatable bonds is 9. The van der Waals surface area contributed by atoms with Gasteiger partial charge in [0.1, 0.15) is 0 Å². The van der Waals surface area contributed by atoms with Gasteiger partial charge in [-0.1, -0.05) is 24.3 Å². The van der Waals surface area contributed by atoms with Crippen molar-refractivity contribution in [2.75, 3.05) is 13.2 Å². The molecule has 0 aliphatic carbocycles. The first-order valence-electron chi connectivity index (χ1n) is 9.98. The zero-order chi connectivity index (χ0) is 21.4. The van der Waals surface area contributed by atoms with Crippen LogP contribution in [0.3, 0.4) is 0 Å². The fourth-order valence-corrected chi connectivity index (χ4v) is 4.77. The van der Waals surface area contributed by atoms with Gasteiger partial charge in [0.25, 0.3) is 0 Å². The number of nitrogens with one attached hydrogen (secondary N) is 2. The lowest BCUT2D eigenvalue weighted by atomic mass is 9.98. The fourth-order valence-electron chi connectivity index (χ4n) is 3.45. The molecular weight excluding hydrogens is 406 g/mol. The number of aliphatic hydroxyl groups excluding tert-OH is 1. The number of ether oxygens (including phenoxy) is 1. The van der Waals surface area contributed by atoms with E-state index < -0.39 is 22.2 Å². The van der Waals surface area contributed by atoms with E-state index in [0.29, 0.717) is 31.5 Å². The SMILES string of the molecule is O=C(Cc1ccccn1)NCC[C@H]1CC[C@H](NS(=O)(=O)c2ccccc2)[C@H](CO)O1. The van der Waals surface area contributed by atoms with Crippen LogP contribution in [0.4, 0.5) is 0 Å². The van der Waals surface area contributed by atoms with Gasteiger partial charge >= 0.3 is 0 Å². The van der Waals surface area contributed by atoms with Gasteiger partial charge in [0.2, 0.25) is 15.9 Å². The third kappa shape index (κ3) is 6.33. The van der Waals surface area contributed by atoms with Gasteiger partial charge < -0.3 is 15.2 Å². The summed E-state index contributed by atoms with van der Waals surface area (Å²) in [5.41, 5.74) is 0.706. The molecule has 1 aliphatic heterocycles. The number of hydrogen-bond acceptors (Lipinski definition) is 6. The van der Waals surface area contributed by atoms with Crippen LogP contribution < -0.4 is 10.0 Å². The van der Waals surface area contributed by atoms with Crippen molar-refractivity contribution in [2.24, 2.45) is 0 Å². The summed E-state index contributed by atoms with van der Waals surface area (Å²) in [7, 11) is -3.68. The van der Waals surface area contributed by atoms with Crippen LogP contribution in [0.25, 0.3) is 0 Å². The first kappa shape index (κ1) is 22.4. The molecule has 0 spiro atoms. The Morgan fingerprint density at radius 1 is 1.13 bits per heavy atom. The van der Waals surface area contributed by atoms with E-state index in [4.69, 9.17) is 4.74 Å². The van der Waals surface area contributed by atoms with Crippen molar-refractivity contribution in [3.8, 4) is 0 Å². The lowest BCUT2D eigenvalue weighted by Gasteiger charge is -2.36. The maximum absolute atomic E-state index is 12.5. The minimum atomic E-state index is -3.68. The molecule has 3 N–H and O–H groups in total. The largest absolute Gasteiger partial charge is 0.394 e. The molecule has 2 aromatic rings. The Morgan fingerprint density at radius 3 is 2.60 bits per heavy atom. The summed E-state index contributed by atoms with van der Waals surface area (Å²) in [6.45, 7) is 0.152. The monoisotopic (exact) mass is 433 g/mol. The average molecular weight is 434 g/mol. The third-order valence-corrected chi connectivity index (χ3v) is 6.52. The molecule has 1 aromatic heterocycles. The van der Waals surface area contributed by atoms with E-state index in [9.17, 15) is 18.3 Å². The van der Waals surface area contributed by atoms with E-state index in [2.05, 4.69) is 15.0 Å². The molecule has 2 heterocycles. The van der Waals surface area contributed by atoms with E-state index in [0.717, 1.165) is 0 Å². The normalized spacial score (nSPS) is 21.8. The summed E-state index contributed by atoms with van der Waals surface area (Å²) in [5, 5.41) is 12.5. The molecule has 1 saturated heterocycles. The van der Waals surface area contributed by atoms with Crippen molar-refractivity contribution in [2.45, 2.75) is 48.8 Å². The number of pyridine rings is 1. The van der Waals surface area contributed by atoms with E-state index in [1.807, 2.05) is 6.07 Å². The van der Waals surface area contributed by atoms with Gasteiger partial charge in [0.15, 0.2) is 0 Å². The number of amides is 1. The lowest BCUT2D eigenvalue weighted by Crippen LogP contribution is -2.51. The van der Waals surface area contributed by atoms with Crippen molar-refractivity contribution in [1.82, 2.24) is 15.0 Å². The second-order valence-electron chi connectivity index (χ2n) is 7.23. The highest BCUT2D eigenvalue weighted by Gasteiger charge is 2.33. The van der Waals surface area contributed by atoms with Crippen molar-refractivity contribution >= 4 is 15.9 Å². The van der Waals surface area contributed by atoms with Gasteiger partial charge in [-0.25, -0.2) is 13.1 Å². The predicted molar refractivity (Wildman–Crippen MR) is 111 cm³/mol. The number of carbonyl (C=O) groups is 1. The zero-order valence-corrected chi connectivity index (χ0v) is 17.4. The van der Waals surface area contributed by atoms with E-state index in [1.54, 1.807) is 36.5 Å². The number of aromatic nitrogens is 1. The highest BCUT2D eigenvalue weighted by atomic mass is 32.2. The van der Waals surface area contributed by atoms with Crippen LogP contribution in [0, 0.1) is 0 Å². The molecule has 1 amide bonds. The Labute approximate surface area is 176 Å². The summed E-state index contributed by atoms with van der Waals surface area (Å²) in [6.07, 6.45) is 2.84. The molecule has 0 saturated carbocycles. The van der Waals surface area contributed by atoms with Crippen LogP contribution in [-0.4, -0.2) is 55.8 Å². The highest BCUT2D eigenvalue weighted by molar-refractivity contribution is 7.89. The molecule has 0 radical (unpaired) electrons. The minimum Gasteiger partial charge on any atom is -0.394 e. The summed E-state index contributed by atoms with van der Waals surface area (Å²) in [4.78, 5) is 16.3. The Hall–Kier alpha value is -2.33. The Morgan fingerprint density at radius 2 is 1.90 bits per heavy atom. The minimum absolute atomic E-state index is 0.114. The summed E-state index contributed by atoms with van der Waals surface area (Å²) in [6, 6.07) is 13.0. The van der Waals surface area contributed by atoms with Crippen molar-refractivity contribution in [3.63, 3.8) is 0 Å². The molecule has 1 aromatic carbocycles. The predicted octanol–water partition coefficient (Wildman–Crippen LogP) is 1.02. The maximum atomic E-state index is 12.5. The zero-order valence-electron chi connectivity index (χ0n) is 16.6. The van der Waals surface area contributed by atoms with Crippen molar-refractivity contribution < 1.29 is 23.1 Å². The summed E-state index contributed by atoms with van der Waals surface area (Å²) >= 11 is 0. The number of benzene rings is 1. The summed E-state index contributed by atoms with van der Waals surface area (Å²) in [5.74, 6) is -0.114. The first-order valence-corrected chi connectivity index (χ1v) is 11.5. The molecular formula is C21H27N3O5S. The molecule has 3 rings (SSSR count). The molecule has 9 heteroatoms. The topological polar surface area (TPSA) is 118 Å². The van der Waals surface area contributed by atoms with Crippen LogP contribution in [-0.2, 0) is 26.0 Å². The number of hydrogen-bond donors (Lipinski definition) is 3. The van der Waals surface area contributed by atoms with E-state index >= 15 is 0 Å². The maximum Gasteiger partial charge on any atom is 0.240 e. The molecule has 30 heavy (non-hydrogen) atoms. The molecule has 8 nitrogen and oxygen atoms in total. The third-order valence-electron chi connectivity index (χ3n) is 5.01. The van der Waals surface area contributed by atoms with Crippen LogP contribution >= 0.6 is 0 Å². The molecule has 1 aliphatic rings. The lowest BCUT2D eigenvalue weighted by molar-refractivity contribution is -0.121. The summed E-state index contributed by atoms with van der Waals surface area (Å²) < 4.78 is 33.6.